The van der Waals surface area contributed by atoms with Gasteiger partial charge in [0.15, 0.2) is 5.78 Å². The number of fused-ring (bicyclic) bond motifs is 1. The van der Waals surface area contributed by atoms with E-state index in [1.165, 1.54) is 18.1 Å². The van der Waals surface area contributed by atoms with Gasteiger partial charge in [-0.1, -0.05) is 31.9 Å². The average molecular weight is 318 g/mol. The number of ketones is 1. The van der Waals surface area contributed by atoms with Gasteiger partial charge in [-0.3, -0.25) is 4.79 Å². The maximum absolute atomic E-state index is 12.2. The van der Waals surface area contributed by atoms with Crippen LogP contribution in [-0.4, -0.2) is 16.9 Å². The molecule has 4 atom stereocenters. The fourth-order valence-electron chi connectivity index (χ4n) is 4.86. The highest BCUT2D eigenvalue weighted by Crippen LogP contribution is 2.61. The molecule has 2 rings (SSSR count). The van der Waals surface area contributed by atoms with E-state index in [2.05, 4.69) is 27.7 Å². The van der Waals surface area contributed by atoms with Crippen LogP contribution in [0.5, 0.6) is 0 Å². The van der Waals surface area contributed by atoms with Crippen molar-refractivity contribution in [2.75, 3.05) is 0 Å². The van der Waals surface area contributed by atoms with E-state index in [0.29, 0.717) is 18.3 Å². The van der Waals surface area contributed by atoms with Gasteiger partial charge in [0, 0.05) is 12.5 Å². The first kappa shape index (κ1) is 18.0. The highest BCUT2D eigenvalue weighted by atomic mass is 16.4. The molecule has 0 heterocycles. The second-order valence-electron chi connectivity index (χ2n) is 8.24. The Kier molecular flexibility index (Phi) is 4.89. The van der Waals surface area contributed by atoms with Crippen LogP contribution in [0.15, 0.2) is 23.3 Å². The number of hydrogen-bond donors (Lipinski definition) is 1. The van der Waals surface area contributed by atoms with E-state index < -0.39 is 5.97 Å². The summed E-state index contributed by atoms with van der Waals surface area (Å²) in [5.41, 5.74) is 2.33. The maximum atomic E-state index is 12.2. The first-order valence-electron chi connectivity index (χ1n) is 8.71. The number of carboxylic acids is 1. The van der Waals surface area contributed by atoms with Crippen LogP contribution in [0, 0.1) is 22.7 Å². The summed E-state index contributed by atoms with van der Waals surface area (Å²) in [6, 6.07) is 0. The summed E-state index contributed by atoms with van der Waals surface area (Å²) in [5.74, 6) is 0.287. The third kappa shape index (κ3) is 3.29. The predicted octanol–water partition coefficient (Wildman–Crippen LogP) is 4.78. The maximum Gasteiger partial charge on any atom is 0.328 e. The van der Waals surface area contributed by atoms with Crippen LogP contribution < -0.4 is 0 Å². The molecular formula is C20H30O3. The molecule has 0 aromatic carbocycles. The van der Waals surface area contributed by atoms with Gasteiger partial charge < -0.3 is 5.11 Å². The number of carbonyl (C=O) groups is 2. The predicted molar refractivity (Wildman–Crippen MR) is 92.1 cm³/mol. The summed E-state index contributed by atoms with van der Waals surface area (Å²) < 4.78 is 0. The van der Waals surface area contributed by atoms with E-state index in [0.717, 1.165) is 24.8 Å². The zero-order chi connectivity index (χ0) is 17.4. The Morgan fingerprint density at radius 2 is 2.09 bits per heavy atom. The molecule has 2 aliphatic carbocycles. The standard InChI is InChI=1S/C20H30O3/c1-13(10-18(22)23)6-8-19(4)14(2)7-9-20(5)15(3)11-16(21)12-17(19)20/h10-11,14,17H,6-9,12H2,1-5H3,(H,22,23)/b13-10-/t14-,17-,19-,20+/m0/s1. The van der Waals surface area contributed by atoms with Gasteiger partial charge in [-0.05, 0) is 68.3 Å². The average Bonchev–Trinajstić information content (AvgIpc) is 2.44. The van der Waals surface area contributed by atoms with Crippen LogP contribution >= 0.6 is 0 Å². The van der Waals surface area contributed by atoms with Crippen molar-refractivity contribution < 1.29 is 14.7 Å². The molecule has 23 heavy (non-hydrogen) atoms. The SMILES string of the molecule is CC1=CC(=O)C[C@H]2[C@@](C)(CC/C(C)=C\C(=O)O)[C@@H](C)CC[C@]12C. The van der Waals surface area contributed by atoms with Crippen LogP contribution in [0.25, 0.3) is 0 Å². The summed E-state index contributed by atoms with van der Waals surface area (Å²) in [4.78, 5) is 23.0. The van der Waals surface area contributed by atoms with Gasteiger partial charge in [-0.2, -0.15) is 0 Å². The molecule has 1 fully saturated rings. The Hall–Kier alpha value is -1.38. The third-order valence-electron chi connectivity index (χ3n) is 6.90. The van der Waals surface area contributed by atoms with E-state index in [1.807, 2.05) is 13.0 Å². The lowest BCUT2D eigenvalue weighted by Crippen LogP contribution is -2.50. The fourth-order valence-corrected chi connectivity index (χ4v) is 4.86. The van der Waals surface area contributed by atoms with Crippen molar-refractivity contribution in [1.82, 2.24) is 0 Å². The molecule has 0 aromatic rings. The molecule has 0 radical (unpaired) electrons. The molecule has 128 valence electrons. The first-order chi connectivity index (χ1) is 10.6. The minimum atomic E-state index is -0.874. The number of hydrogen-bond acceptors (Lipinski definition) is 2. The van der Waals surface area contributed by atoms with Gasteiger partial charge in [0.05, 0.1) is 0 Å². The largest absolute Gasteiger partial charge is 0.478 e. The molecular weight excluding hydrogens is 288 g/mol. The highest BCUT2D eigenvalue weighted by molar-refractivity contribution is 5.92. The van der Waals surface area contributed by atoms with Crippen molar-refractivity contribution in [1.29, 1.82) is 0 Å². The van der Waals surface area contributed by atoms with Gasteiger partial charge >= 0.3 is 5.97 Å². The summed E-state index contributed by atoms with van der Waals surface area (Å²) in [6.07, 6.45) is 7.85. The van der Waals surface area contributed by atoms with Gasteiger partial charge in [0.25, 0.3) is 0 Å². The van der Waals surface area contributed by atoms with Crippen LogP contribution in [0.4, 0.5) is 0 Å². The molecule has 0 bridgehead atoms. The van der Waals surface area contributed by atoms with Crippen molar-refractivity contribution in [3.05, 3.63) is 23.3 Å². The molecule has 0 aliphatic heterocycles. The topological polar surface area (TPSA) is 54.4 Å². The summed E-state index contributed by atoms with van der Waals surface area (Å²) in [6.45, 7) is 10.9. The smallest absolute Gasteiger partial charge is 0.328 e. The molecule has 1 saturated carbocycles. The molecule has 1 N–H and O–H groups in total. The Balaban J connectivity index is 2.29. The fraction of sp³-hybridized carbons (Fsp3) is 0.700. The van der Waals surface area contributed by atoms with Crippen LogP contribution in [0.2, 0.25) is 0 Å². The van der Waals surface area contributed by atoms with Crippen molar-refractivity contribution >= 4 is 11.8 Å². The number of aliphatic carboxylic acids is 1. The van der Waals surface area contributed by atoms with E-state index in [1.54, 1.807) is 0 Å². The van der Waals surface area contributed by atoms with E-state index in [-0.39, 0.29) is 16.6 Å². The van der Waals surface area contributed by atoms with Crippen LogP contribution in [0.3, 0.4) is 0 Å². The van der Waals surface area contributed by atoms with Gasteiger partial charge in [-0.25, -0.2) is 4.79 Å². The normalized spacial score (nSPS) is 38.0. The molecule has 0 amide bonds. The number of allylic oxidation sites excluding steroid dienone is 3. The van der Waals surface area contributed by atoms with E-state index in [4.69, 9.17) is 5.11 Å². The second kappa shape index (κ2) is 6.26. The number of rotatable bonds is 4. The molecule has 2 aliphatic rings. The third-order valence-corrected chi connectivity index (χ3v) is 6.90. The summed E-state index contributed by atoms with van der Waals surface area (Å²) >= 11 is 0. The minimum absolute atomic E-state index is 0.0752. The number of carboxylic acid groups (broad SMARTS) is 1. The number of carbonyl (C=O) groups excluding carboxylic acids is 1. The van der Waals surface area contributed by atoms with Crippen LogP contribution in [-0.2, 0) is 9.59 Å². The molecule has 0 aromatic heterocycles. The second-order valence-corrected chi connectivity index (χ2v) is 8.24. The molecule has 3 heteroatoms. The zero-order valence-electron chi connectivity index (χ0n) is 15.1. The monoisotopic (exact) mass is 318 g/mol. The van der Waals surface area contributed by atoms with Crippen molar-refractivity contribution in [2.45, 2.75) is 66.7 Å². The Morgan fingerprint density at radius 3 is 2.70 bits per heavy atom. The molecule has 0 unspecified atom stereocenters. The van der Waals surface area contributed by atoms with Crippen molar-refractivity contribution in [3.63, 3.8) is 0 Å². The lowest BCUT2D eigenvalue weighted by atomic mass is 9.47. The van der Waals surface area contributed by atoms with E-state index in [9.17, 15) is 9.59 Å². The van der Waals surface area contributed by atoms with Crippen molar-refractivity contribution in [2.24, 2.45) is 22.7 Å². The molecule has 0 spiro atoms. The van der Waals surface area contributed by atoms with Gasteiger partial charge in [0.1, 0.15) is 0 Å². The Morgan fingerprint density at radius 1 is 1.43 bits per heavy atom. The highest BCUT2D eigenvalue weighted by Gasteiger charge is 2.54. The van der Waals surface area contributed by atoms with Crippen molar-refractivity contribution in [3.8, 4) is 0 Å². The molecule has 3 nitrogen and oxygen atoms in total. The first-order valence-corrected chi connectivity index (χ1v) is 8.71. The van der Waals surface area contributed by atoms with Crippen LogP contribution in [0.1, 0.15) is 66.7 Å². The Labute approximate surface area is 139 Å². The van der Waals surface area contributed by atoms with E-state index >= 15 is 0 Å². The lowest BCUT2D eigenvalue weighted by molar-refractivity contribution is -0.131. The quantitative estimate of drug-likeness (QED) is 0.759. The summed E-state index contributed by atoms with van der Waals surface area (Å²) in [7, 11) is 0. The lowest BCUT2D eigenvalue weighted by Gasteiger charge is -2.57. The summed E-state index contributed by atoms with van der Waals surface area (Å²) in [5, 5.41) is 8.91. The Bertz CT molecular complexity index is 571. The van der Waals surface area contributed by atoms with Gasteiger partial charge in [-0.15, -0.1) is 0 Å². The zero-order valence-corrected chi connectivity index (χ0v) is 15.1. The minimum Gasteiger partial charge on any atom is -0.478 e. The van der Waals surface area contributed by atoms with Gasteiger partial charge in [0.2, 0.25) is 0 Å². The molecule has 0 saturated heterocycles.